The topological polar surface area (TPSA) is 98.6 Å². The average Bonchev–Trinajstić information content (AvgIpc) is 3.16. The second-order valence-electron chi connectivity index (χ2n) is 9.58. The minimum atomic E-state index is -3.37. The molecule has 1 atom stereocenters. The number of hydrogen-bond donors (Lipinski definition) is 0. The number of aromatic nitrogens is 2. The zero-order valence-corrected chi connectivity index (χ0v) is 21.2. The number of esters is 1. The molecule has 3 aromatic rings. The maximum absolute atomic E-state index is 13.5. The van der Waals surface area contributed by atoms with Crippen molar-refractivity contribution in [2.24, 2.45) is 0 Å². The van der Waals surface area contributed by atoms with Gasteiger partial charge in [0.05, 0.1) is 41.2 Å². The molecule has 2 aromatic heterocycles. The molecule has 0 aliphatic carbocycles. The number of ether oxygens (including phenoxy) is 1. The first-order valence-corrected chi connectivity index (χ1v) is 13.8. The van der Waals surface area contributed by atoms with Crippen molar-refractivity contribution < 1.29 is 17.9 Å². The van der Waals surface area contributed by atoms with Gasteiger partial charge < -0.3 is 9.30 Å². The Hall–Kier alpha value is -3.04. The van der Waals surface area contributed by atoms with Crippen LogP contribution in [-0.4, -0.2) is 47.1 Å². The molecule has 0 bridgehead atoms. The second-order valence-corrected chi connectivity index (χ2v) is 11.5. The van der Waals surface area contributed by atoms with E-state index in [1.165, 1.54) is 10.6 Å². The number of para-hydroxylation sites is 1. The van der Waals surface area contributed by atoms with Crippen LogP contribution in [0.4, 0.5) is 0 Å². The molecule has 35 heavy (non-hydrogen) atoms. The molecule has 9 heteroatoms. The minimum absolute atomic E-state index is 0.0138. The standard InChI is InChI=1S/C26H29N3O5S/c1-5-16-19-12-23-24-20(13-28(23)25(30)21(19)14-34-26(16)31)17(18-8-6-7-9-22(18)27-24)10-11-29(15(2)3)35(4,32)33/h6-9,12,15-16H,5,10-11,13-14H2,1-4H3/t16-/m1/s1. The maximum atomic E-state index is 13.5. The number of carbonyl (C=O) groups excluding carboxylic acids is 1. The Kier molecular flexibility index (Phi) is 5.80. The fraction of sp³-hybridized carbons (Fsp3) is 0.423. The molecule has 0 saturated heterocycles. The average molecular weight is 496 g/mol. The van der Waals surface area contributed by atoms with Gasteiger partial charge in [0.15, 0.2) is 0 Å². The summed E-state index contributed by atoms with van der Waals surface area (Å²) in [5, 5.41) is 0.957. The van der Waals surface area contributed by atoms with Crippen molar-refractivity contribution in [1.29, 1.82) is 0 Å². The summed E-state index contributed by atoms with van der Waals surface area (Å²) in [6.45, 7) is 6.31. The van der Waals surface area contributed by atoms with Gasteiger partial charge in [-0.15, -0.1) is 0 Å². The smallest absolute Gasteiger partial charge is 0.313 e. The molecule has 2 aliphatic heterocycles. The van der Waals surface area contributed by atoms with Crippen molar-refractivity contribution in [1.82, 2.24) is 13.9 Å². The van der Waals surface area contributed by atoms with Crippen LogP contribution in [0.3, 0.4) is 0 Å². The Morgan fingerprint density at radius 1 is 1.20 bits per heavy atom. The highest BCUT2D eigenvalue weighted by Crippen LogP contribution is 2.39. The Morgan fingerprint density at radius 3 is 2.63 bits per heavy atom. The number of fused-ring (bicyclic) bond motifs is 5. The molecule has 8 nitrogen and oxygen atoms in total. The summed E-state index contributed by atoms with van der Waals surface area (Å²) >= 11 is 0. The Morgan fingerprint density at radius 2 is 1.94 bits per heavy atom. The molecule has 1 aromatic carbocycles. The van der Waals surface area contributed by atoms with Gasteiger partial charge in [-0.25, -0.2) is 13.4 Å². The summed E-state index contributed by atoms with van der Waals surface area (Å²) in [4.78, 5) is 30.8. The van der Waals surface area contributed by atoms with Gasteiger partial charge >= 0.3 is 5.97 Å². The number of sulfonamides is 1. The molecule has 5 rings (SSSR count). The van der Waals surface area contributed by atoms with Gasteiger partial charge in [0.25, 0.3) is 5.56 Å². The van der Waals surface area contributed by atoms with E-state index in [1.807, 2.05) is 51.1 Å². The van der Waals surface area contributed by atoms with Crippen LogP contribution in [0.15, 0.2) is 35.1 Å². The molecular weight excluding hydrogens is 466 g/mol. The van der Waals surface area contributed by atoms with Gasteiger partial charge in [-0.05, 0) is 49.9 Å². The molecule has 4 heterocycles. The lowest BCUT2D eigenvalue weighted by Gasteiger charge is -2.24. The third kappa shape index (κ3) is 3.87. The molecule has 0 N–H and O–H groups in total. The van der Waals surface area contributed by atoms with E-state index in [0.717, 1.165) is 33.3 Å². The summed E-state index contributed by atoms with van der Waals surface area (Å²) in [5.41, 5.74) is 5.25. The van der Waals surface area contributed by atoms with E-state index in [4.69, 9.17) is 9.72 Å². The lowest BCUT2D eigenvalue weighted by atomic mass is 9.90. The summed E-state index contributed by atoms with van der Waals surface area (Å²) < 4.78 is 33.3. The van der Waals surface area contributed by atoms with Crippen molar-refractivity contribution in [2.45, 2.75) is 58.7 Å². The van der Waals surface area contributed by atoms with Crippen LogP contribution in [0, 0.1) is 0 Å². The largest absolute Gasteiger partial charge is 0.460 e. The highest BCUT2D eigenvalue weighted by atomic mass is 32.2. The number of nitrogens with zero attached hydrogens (tertiary/aromatic N) is 3. The van der Waals surface area contributed by atoms with Crippen LogP contribution in [0.5, 0.6) is 0 Å². The highest BCUT2D eigenvalue weighted by Gasteiger charge is 2.35. The molecular formula is C26H29N3O5S. The third-order valence-electron chi connectivity index (χ3n) is 7.12. The third-order valence-corrected chi connectivity index (χ3v) is 8.57. The molecule has 184 valence electrons. The van der Waals surface area contributed by atoms with Gasteiger partial charge in [0.1, 0.15) is 6.61 Å². The second kappa shape index (κ2) is 8.57. The minimum Gasteiger partial charge on any atom is -0.460 e. The number of cyclic esters (lactones) is 1. The van der Waals surface area contributed by atoms with Gasteiger partial charge in [0.2, 0.25) is 10.0 Å². The highest BCUT2D eigenvalue weighted by molar-refractivity contribution is 7.88. The van der Waals surface area contributed by atoms with E-state index in [9.17, 15) is 18.0 Å². The quantitative estimate of drug-likeness (QED) is 0.381. The van der Waals surface area contributed by atoms with Crippen molar-refractivity contribution in [3.05, 3.63) is 62.9 Å². The fourth-order valence-corrected chi connectivity index (χ4v) is 6.64. The first kappa shape index (κ1) is 23.7. The predicted molar refractivity (Wildman–Crippen MR) is 134 cm³/mol. The van der Waals surface area contributed by atoms with Gasteiger partial charge in [0, 0.05) is 23.5 Å². The predicted octanol–water partition coefficient (Wildman–Crippen LogP) is 3.19. The molecule has 0 unspecified atom stereocenters. The van der Waals surface area contributed by atoms with E-state index in [1.54, 1.807) is 4.57 Å². The van der Waals surface area contributed by atoms with E-state index in [-0.39, 0.29) is 24.2 Å². The molecule has 2 aliphatic rings. The van der Waals surface area contributed by atoms with Crippen LogP contribution in [0.25, 0.3) is 22.3 Å². The van der Waals surface area contributed by atoms with Crippen molar-refractivity contribution in [3.8, 4) is 11.4 Å². The number of pyridine rings is 2. The molecule has 0 fully saturated rings. The zero-order chi connectivity index (χ0) is 25.1. The van der Waals surface area contributed by atoms with Crippen molar-refractivity contribution in [3.63, 3.8) is 0 Å². The SMILES string of the molecule is CC[C@H]1C(=O)OCc2c1cc1n(c2=O)Cc2c-1nc1ccccc1c2CCN(C(C)C)S(C)(=O)=O. The van der Waals surface area contributed by atoms with Crippen LogP contribution >= 0.6 is 0 Å². The van der Waals surface area contributed by atoms with Crippen LogP contribution in [-0.2, 0) is 39.1 Å². The van der Waals surface area contributed by atoms with Crippen molar-refractivity contribution >= 4 is 26.9 Å². The normalized spacial score (nSPS) is 17.0. The first-order valence-electron chi connectivity index (χ1n) is 11.9. The number of benzene rings is 1. The Balaban J connectivity index is 1.68. The fourth-order valence-electron chi connectivity index (χ4n) is 5.45. The molecule has 0 spiro atoms. The summed E-state index contributed by atoms with van der Waals surface area (Å²) in [6, 6.07) is 9.55. The van der Waals surface area contributed by atoms with Crippen LogP contribution in [0.2, 0.25) is 0 Å². The van der Waals surface area contributed by atoms with E-state index in [0.29, 0.717) is 37.2 Å². The zero-order valence-electron chi connectivity index (χ0n) is 20.4. The summed E-state index contributed by atoms with van der Waals surface area (Å²) in [7, 11) is -3.37. The summed E-state index contributed by atoms with van der Waals surface area (Å²) in [5.74, 6) is -0.764. The van der Waals surface area contributed by atoms with Gasteiger partial charge in [-0.1, -0.05) is 25.1 Å². The van der Waals surface area contributed by atoms with Crippen LogP contribution in [0.1, 0.15) is 55.4 Å². The van der Waals surface area contributed by atoms with Gasteiger partial charge in [-0.2, -0.15) is 4.31 Å². The number of rotatable bonds is 6. The summed E-state index contributed by atoms with van der Waals surface area (Å²) in [6.07, 6.45) is 2.28. The van der Waals surface area contributed by atoms with E-state index < -0.39 is 15.9 Å². The Labute approximate surface area is 204 Å². The maximum Gasteiger partial charge on any atom is 0.313 e. The van der Waals surface area contributed by atoms with E-state index >= 15 is 0 Å². The van der Waals surface area contributed by atoms with Crippen molar-refractivity contribution in [2.75, 3.05) is 12.8 Å². The van der Waals surface area contributed by atoms with Gasteiger partial charge in [-0.3, -0.25) is 9.59 Å². The number of carbonyl (C=O) groups is 1. The Bertz CT molecular complexity index is 1520. The molecule has 0 amide bonds. The first-order chi connectivity index (χ1) is 16.6. The lowest BCUT2D eigenvalue weighted by molar-refractivity contribution is -0.148. The number of hydrogen-bond acceptors (Lipinski definition) is 6. The lowest BCUT2D eigenvalue weighted by Crippen LogP contribution is -2.37. The van der Waals surface area contributed by atoms with E-state index in [2.05, 4.69) is 0 Å². The molecule has 0 radical (unpaired) electrons. The van der Waals surface area contributed by atoms with Crippen LogP contribution < -0.4 is 5.56 Å². The molecule has 0 saturated carbocycles. The monoisotopic (exact) mass is 495 g/mol.